The van der Waals surface area contributed by atoms with Crippen LogP contribution in [-0.2, 0) is 23.2 Å². The Balaban J connectivity index is 2.07. The molecule has 5 heteroatoms. The lowest BCUT2D eigenvalue weighted by atomic mass is 9.98. The number of hydrogen-bond acceptors (Lipinski definition) is 4. The average Bonchev–Trinajstić information content (AvgIpc) is 2.49. The van der Waals surface area contributed by atoms with E-state index < -0.39 is 5.41 Å². The number of rotatable bonds is 4. The molecule has 0 fully saturated rings. The number of nitrogens with zero attached hydrogens (tertiary/aromatic N) is 1. The molecule has 1 aromatic carbocycles. The first-order valence-electron chi connectivity index (χ1n) is 7.47. The van der Waals surface area contributed by atoms with E-state index in [9.17, 15) is 9.59 Å². The van der Waals surface area contributed by atoms with Crippen molar-refractivity contribution in [2.75, 3.05) is 0 Å². The normalized spacial score (nSPS) is 11.3. The number of aromatic nitrogens is 1. The predicted molar refractivity (Wildman–Crippen MR) is 89.5 cm³/mol. The fourth-order valence-electron chi connectivity index (χ4n) is 1.96. The van der Waals surface area contributed by atoms with Crippen LogP contribution in [0.4, 0.5) is 0 Å². The van der Waals surface area contributed by atoms with Crippen molar-refractivity contribution < 1.29 is 9.63 Å². The van der Waals surface area contributed by atoms with Gasteiger partial charge in [-0.2, -0.15) is 0 Å². The Morgan fingerprint density at radius 2 is 1.91 bits per heavy atom. The van der Waals surface area contributed by atoms with Crippen LogP contribution in [0.1, 0.15) is 26.3 Å². The highest BCUT2D eigenvalue weighted by Gasteiger charge is 2.23. The fraction of sp³-hybridized carbons (Fsp3) is 0.333. The van der Waals surface area contributed by atoms with Crippen molar-refractivity contribution in [2.45, 2.75) is 27.3 Å². The van der Waals surface area contributed by atoms with Crippen LogP contribution in [0, 0.1) is 5.41 Å². The molecule has 0 bridgehead atoms. The zero-order valence-corrected chi connectivity index (χ0v) is 13.9. The maximum absolute atomic E-state index is 11.7. The van der Waals surface area contributed by atoms with Gasteiger partial charge < -0.3 is 9.40 Å². The third kappa shape index (κ3) is 4.53. The van der Waals surface area contributed by atoms with Gasteiger partial charge in [0, 0.05) is 19.3 Å². The van der Waals surface area contributed by atoms with Crippen LogP contribution in [-0.4, -0.2) is 10.5 Å². The number of carbonyl (C=O) groups excluding carboxylic acids is 1. The standard InChI is InChI=1S/C18H22N2O3/c1-18(2,3)17(22)23-19-11-13-6-5-7-14(10-13)15-8-9-16(21)20(4)12-15/h5-10,12,19H,11H2,1-4H3. The van der Waals surface area contributed by atoms with Gasteiger partial charge in [0.15, 0.2) is 0 Å². The summed E-state index contributed by atoms with van der Waals surface area (Å²) in [5.74, 6) is -0.299. The predicted octanol–water partition coefficient (Wildman–Crippen LogP) is 2.65. The average molecular weight is 314 g/mol. The smallest absolute Gasteiger partial charge is 0.329 e. The lowest BCUT2D eigenvalue weighted by molar-refractivity contribution is -0.161. The van der Waals surface area contributed by atoms with Gasteiger partial charge >= 0.3 is 5.97 Å². The molecule has 1 aromatic heterocycles. The maximum Gasteiger partial charge on any atom is 0.329 e. The largest absolute Gasteiger partial charge is 0.370 e. The minimum absolute atomic E-state index is 0.0411. The molecule has 5 nitrogen and oxygen atoms in total. The maximum atomic E-state index is 11.7. The van der Waals surface area contributed by atoms with Gasteiger partial charge in [0.1, 0.15) is 0 Å². The summed E-state index contributed by atoms with van der Waals surface area (Å²) in [6.07, 6.45) is 1.80. The molecular weight excluding hydrogens is 292 g/mol. The first-order chi connectivity index (χ1) is 10.8. The minimum atomic E-state index is -0.538. The molecule has 1 N–H and O–H groups in total. The Bertz CT molecular complexity index is 757. The topological polar surface area (TPSA) is 60.3 Å². The molecule has 1 heterocycles. The summed E-state index contributed by atoms with van der Waals surface area (Å²) in [4.78, 5) is 28.2. The molecular formula is C18H22N2O3. The second-order valence-electron chi connectivity index (χ2n) is 6.53. The Kier molecular flexibility index (Phi) is 5.01. The van der Waals surface area contributed by atoms with Crippen LogP contribution in [0.15, 0.2) is 47.4 Å². The minimum Gasteiger partial charge on any atom is -0.370 e. The summed E-state index contributed by atoms with van der Waals surface area (Å²) >= 11 is 0. The van der Waals surface area contributed by atoms with Crippen molar-refractivity contribution in [3.8, 4) is 11.1 Å². The highest BCUT2D eigenvalue weighted by atomic mass is 16.7. The SMILES string of the molecule is Cn1cc(-c2cccc(CNOC(=O)C(C)(C)C)c2)ccc1=O. The second-order valence-corrected chi connectivity index (χ2v) is 6.53. The zero-order chi connectivity index (χ0) is 17.0. The zero-order valence-electron chi connectivity index (χ0n) is 13.9. The summed E-state index contributed by atoms with van der Waals surface area (Å²) in [5, 5.41) is 0. The molecule has 0 amide bonds. The number of pyridine rings is 1. The summed E-state index contributed by atoms with van der Waals surface area (Å²) in [7, 11) is 1.73. The third-order valence-corrected chi connectivity index (χ3v) is 3.40. The van der Waals surface area contributed by atoms with Gasteiger partial charge in [-0.25, -0.2) is 4.79 Å². The Labute approximate surface area is 135 Å². The molecule has 0 aliphatic heterocycles. The summed E-state index contributed by atoms with van der Waals surface area (Å²) in [6.45, 7) is 5.83. The molecule has 2 rings (SSSR count). The lowest BCUT2D eigenvalue weighted by Crippen LogP contribution is -2.29. The molecule has 0 aliphatic carbocycles. The van der Waals surface area contributed by atoms with Crippen LogP contribution in [0.25, 0.3) is 11.1 Å². The van der Waals surface area contributed by atoms with E-state index in [0.29, 0.717) is 6.54 Å². The van der Waals surface area contributed by atoms with Crippen LogP contribution in [0.3, 0.4) is 0 Å². The Morgan fingerprint density at radius 1 is 1.17 bits per heavy atom. The highest BCUT2D eigenvalue weighted by molar-refractivity contribution is 5.75. The van der Waals surface area contributed by atoms with Gasteiger partial charge in [-0.3, -0.25) is 4.79 Å². The van der Waals surface area contributed by atoms with Gasteiger partial charge in [-0.1, -0.05) is 18.2 Å². The molecule has 0 atom stereocenters. The number of hydroxylamine groups is 1. The first kappa shape index (κ1) is 17.0. The highest BCUT2D eigenvalue weighted by Crippen LogP contribution is 2.19. The molecule has 23 heavy (non-hydrogen) atoms. The van der Waals surface area contributed by atoms with E-state index in [1.807, 2.05) is 24.3 Å². The number of carbonyl (C=O) groups is 1. The second kappa shape index (κ2) is 6.79. The number of benzene rings is 1. The van der Waals surface area contributed by atoms with Gasteiger partial charge in [0.05, 0.1) is 12.0 Å². The quantitative estimate of drug-likeness (QED) is 0.881. The van der Waals surface area contributed by atoms with Crippen molar-refractivity contribution in [1.29, 1.82) is 0 Å². The van der Waals surface area contributed by atoms with Crippen LogP contribution >= 0.6 is 0 Å². The molecule has 0 spiro atoms. The Morgan fingerprint density at radius 3 is 2.57 bits per heavy atom. The van der Waals surface area contributed by atoms with E-state index >= 15 is 0 Å². The van der Waals surface area contributed by atoms with E-state index in [1.165, 1.54) is 0 Å². The summed E-state index contributed by atoms with van der Waals surface area (Å²) in [6, 6.07) is 11.2. The van der Waals surface area contributed by atoms with Crippen molar-refractivity contribution >= 4 is 5.97 Å². The van der Waals surface area contributed by atoms with Crippen molar-refractivity contribution in [1.82, 2.24) is 10.0 Å². The molecule has 122 valence electrons. The van der Waals surface area contributed by atoms with Gasteiger partial charge in [-0.05, 0) is 49.6 Å². The number of aryl methyl sites for hydroxylation is 1. The van der Waals surface area contributed by atoms with Crippen LogP contribution in [0.5, 0.6) is 0 Å². The molecule has 0 unspecified atom stereocenters. The summed E-state index contributed by atoms with van der Waals surface area (Å²) < 4.78 is 1.55. The van der Waals surface area contributed by atoms with E-state index in [0.717, 1.165) is 16.7 Å². The van der Waals surface area contributed by atoms with Gasteiger partial charge in [0.2, 0.25) is 5.56 Å². The van der Waals surface area contributed by atoms with Crippen molar-refractivity contribution in [3.05, 3.63) is 58.5 Å². The third-order valence-electron chi connectivity index (χ3n) is 3.40. The molecule has 0 saturated heterocycles. The van der Waals surface area contributed by atoms with Gasteiger partial charge in [-0.15, -0.1) is 5.48 Å². The van der Waals surface area contributed by atoms with E-state index in [-0.39, 0.29) is 11.5 Å². The molecule has 2 aromatic rings. The van der Waals surface area contributed by atoms with Crippen molar-refractivity contribution in [2.24, 2.45) is 12.5 Å². The summed E-state index contributed by atoms with van der Waals surface area (Å²) in [5.41, 5.74) is 5.07. The van der Waals surface area contributed by atoms with E-state index in [4.69, 9.17) is 4.84 Å². The lowest BCUT2D eigenvalue weighted by Gasteiger charge is -2.16. The molecule has 0 aliphatic rings. The molecule has 0 saturated carbocycles. The van der Waals surface area contributed by atoms with Crippen LogP contribution < -0.4 is 11.0 Å². The first-order valence-corrected chi connectivity index (χ1v) is 7.47. The van der Waals surface area contributed by atoms with Crippen molar-refractivity contribution in [3.63, 3.8) is 0 Å². The van der Waals surface area contributed by atoms with E-state index in [2.05, 4.69) is 5.48 Å². The van der Waals surface area contributed by atoms with Crippen LogP contribution in [0.2, 0.25) is 0 Å². The fourth-order valence-corrected chi connectivity index (χ4v) is 1.96. The monoisotopic (exact) mass is 314 g/mol. The number of nitrogens with one attached hydrogen (secondary N) is 1. The van der Waals surface area contributed by atoms with E-state index in [1.54, 1.807) is 50.7 Å². The van der Waals surface area contributed by atoms with Gasteiger partial charge in [0.25, 0.3) is 0 Å². The molecule has 0 radical (unpaired) electrons. The Hall–Kier alpha value is -2.40. The number of hydrogen-bond donors (Lipinski definition) is 1.